The highest BCUT2D eigenvalue weighted by atomic mass is 16.4. The fourth-order valence-electron chi connectivity index (χ4n) is 2.36. The lowest BCUT2D eigenvalue weighted by Gasteiger charge is -2.16. The Morgan fingerprint density at radius 1 is 1.50 bits per heavy atom. The third-order valence-corrected chi connectivity index (χ3v) is 3.63. The van der Waals surface area contributed by atoms with Crippen LogP contribution in [0.25, 0.3) is 0 Å². The molecule has 1 unspecified atom stereocenters. The van der Waals surface area contributed by atoms with Crippen molar-refractivity contribution in [1.29, 1.82) is 0 Å². The van der Waals surface area contributed by atoms with Crippen LogP contribution in [0.1, 0.15) is 50.8 Å². The first kappa shape index (κ1) is 14.5. The van der Waals surface area contributed by atoms with E-state index in [1.54, 1.807) is 13.1 Å². The lowest BCUT2D eigenvalue weighted by Crippen LogP contribution is -2.37. The van der Waals surface area contributed by atoms with Crippen LogP contribution in [0.2, 0.25) is 0 Å². The quantitative estimate of drug-likeness (QED) is 0.807. The van der Waals surface area contributed by atoms with Gasteiger partial charge in [-0.2, -0.15) is 0 Å². The van der Waals surface area contributed by atoms with E-state index in [2.05, 4.69) is 15.6 Å². The molecular formula is C13H20N4O3. The van der Waals surface area contributed by atoms with Gasteiger partial charge in [0, 0.05) is 18.7 Å². The first-order chi connectivity index (χ1) is 9.56. The van der Waals surface area contributed by atoms with Gasteiger partial charge in [-0.25, -0.2) is 4.68 Å². The molecule has 1 heterocycles. The minimum absolute atomic E-state index is 0.0152. The average Bonchev–Trinajstić information content (AvgIpc) is 3.06. The van der Waals surface area contributed by atoms with E-state index < -0.39 is 12.0 Å². The zero-order chi connectivity index (χ0) is 14.5. The number of nitrogens with one attached hydrogen (secondary N) is 1. The molecule has 1 aliphatic rings. The van der Waals surface area contributed by atoms with Crippen LogP contribution >= 0.6 is 0 Å². The average molecular weight is 280 g/mol. The third kappa shape index (κ3) is 3.79. The Kier molecular flexibility index (Phi) is 4.70. The fourth-order valence-corrected chi connectivity index (χ4v) is 2.36. The van der Waals surface area contributed by atoms with Gasteiger partial charge in [-0.15, -0.1) is 5.10 Å². The highest BCUT2D eigenvalue weighted by Crippen LogP contribution is 2.18. The molecule has 1 aliphatic carbocycles. The van der Waals surface area contributed by atoms with Crippen LogP contribution in [0.15, 0.2) is 6.20 Å². The number of hydrogen-bond donors (Lipinski definition) is 2. The summed E-state index contributed by atoms with van der Waals surface area (Å²) in [5.41, 5.74) is 0.591. The maximum absolute atomic E-state index is 12.1. The molecule has 1 aromatic heterocycles. The molecule has 0 aromatic carbocycles. The Balaban J connectivity index is 1.89. The highest BCUT2D eigenvalue weighted by molar-refractivity contribution is 5.80. The van der Waals surface area contributed by atoms with Gasteiger partial charge in [-0.05, 0) is 19.8 Å². The van der Waals surface area contributed by atoms with E-state index in [0.29, 0.717) is 12.1 Å². The second kappa shape index (κ2) is 6.49. The van der Waals surface area contributed by atoms with Crippen LogP contribution in [-0.4, -0.2) is 38.0 Å². The van der Waals surface area contributed by atoms with Gasteiger partial charge in [0.05, 0.1) is 12.1 Å². The molecule has 1 amide bonds. The van der Waals surface area contributed by atoms with E-state index in [-0.39, 0.29) is 18.4 Å². The molecule has 1 fully saturated rings. The molecule has 2 rings (SSSR count). The summed E-state index contributed by atoms with van der Waals surface area (Å²) in [6.45, 7) is 1.76. The molecule has 1 saturated carbocycles. The number of aliphatic carboxylic acids is 1. The standard InChI is InChI=1S/C13H20N4O3/c1-9(13(20)14-10-4-2-3-5-10)17-8-11(15-16-17)6-7-12(18)19/h8-10H,2-7H2,1H3,(H,14,20)(H,18,19). The van der Waals surface area contributed by atoms with E-state index >= 15 is 0 Å². The molecule has 0 aliphatic heterocycles. The maximum Gasteiger partial charge on any atom is 0.303 e. The predicted molar refractivity (Wildman–Crippen MR) is 71.1 cm³/mol. The number of nitrogens with zero attached hydrogens (tertiary/aromatic N) is 3. The number of carbonyl (C=O) groups excluding carboxylic acids is 1. The van der Waals surface area contributed by atoms with E-state index in [9.17, 15) is 9.59 Å². The smallest absolute Gasteiger partial charge is 0.303 e. The molecule has 2 N–H and O–H groups in total. The SMILES string of the molecule is CC(C(=O)NC1CCCC1)n1cc(CCC(=O)O)nn1. The number of rotatable bonds is 6. The Hall–Kier alpha value is -1.92. The monoisotopic (exact) mass is 280 g/mol. The van der Waals surface area contributed by atoms with Crippen molar-refractivity contribution in [2.45, 2.75) is 57.5 Å². The van der Waals surface area contributed by atoms with Crippen LogP contribution in [0.3, 0.4) is 0 Å². The number of aromatic nitrogens is 3. The van der Waals surface area contributed by atoms with E-state index in [1.807, 2.05) is 0 Å². The molecule has 20 heavy (non-hydrogen) atoms. The van der Waals surface area contributed by atoms with Crippen molar-refractivity contribution in [3.63, 3.8) is 0 Å². The molecule has 0 spiro atoms. The first-order valence-corrected chi connectivity index (χ1v) is 6.99. The van der Waals surface area contributed by atoms with Crippen LogP contribution in [0.4, 0.5) is 0 Å². The number of amides is 1. The Morgan fingerprint density at radius 2 is 2.20 bits per heavy atom. The van der Waals surface area contributed by atoms with Gasteiger partial charge < -0.3 is 10.4 Å². The van der Waals surface area contributed by atoms with Crippen LogP contribution in [0, 0.1) is 0 Å². The summed E-state index contributed by atoms with van der Waals surface area (Å²) in [7, 11) is 0. The predicted octanol–water partition coefficient (Wildman–Crippen LogP) is 0.915. The van der Waals surface area contributed by atoms with Crippen LogP contribution in [0.5, 0.6) is 0 Å². The molecule has 1 aromatic rings. The zero-order valence-electron chi connectivity index (χ0n) is 11.6. The van der Waals surface area contributed by atoms with E-state index in [1.165, 1.54) is 17.5 Å². The van der Waals surface area contributed by atoms with Crippen molar-refractivity contribution in [3.05, 3.63) is 11.9 Å². The van der Waals surface area contributed by atoms with E-state index in [0.717, 1.165) is 12.8 Å². The molecule has 7 nitrogen and oxygen atoms in total. The zero-order valence-corrected chi connectivity index (χ0v) is 11.6. The molecule has 110 valence electrons. The molecule has 0 radical (unpaired) electrons. The lowest BCUT2D eigenvalue weighted by molar-refractivity contribution is -0.137. The third-order valence-electron chi connectivity index (χ3n) is 3.63. The molecule has 0 bridgehead atoms. The summed E-state index contributed by atoms with van der Waals surface area (Å²) in [5.74, 6) is -0.932. The topological polar surface area (TPSA) is 97.1 Å². The van der Waals surface area contributed by atoms with Gasteiger partial charge in [0.1, 0.15) is 6.04 Å². The number of carboxylic acids is 1. The van der Waals surface area contributed by atoms with Crippen LogP contribution < -0.4 is 5.32 Å². The van der Waals surface area contributed by atoms with Gasteiger partial charge in [-0.3, -0.25) is 9.59 Å². The van der Waals surface area contributed by atoms with Crippen LogP contribution in [-0.2, 0) is 16.0 Å². The minimum Gasteiger partial charge on any atom is -0.481 e. The van der Waals surface area contributed by atoms with Crippen molar-refractivity contribution < 1.29 is 14.7 Å². The molecular weight excluding hydrogens is 260 g/mol. The summed E-state index contributed by atoms with van der Waals surface area (Å²) in [6.07, 6.45) is 6.40. The van der Waals surface area contributed by atoms with Gasteiger partial charge in [0.25, 0.3) is 0 Å². The summed E-state index contributed by atoms with van der Waals surface area (Å²) in [4.78, 5) is 22.6. The normalized spacial score (nSPS) is 17.1. The Bertz CT molecular complexity index is 480. The van der Waals surface area contributed by atoms with Crippen molar-refractivity contribution in [1.82, 2.24) is 20.3 Å². The van der Waals surface area contributed by atoms with Gasteiger partial charge in [0.2, 0.25) is 5.91 Å². The molecule has 1 atom stereocenters. The lowest BCUT2D eigenvalue weighted by atomic mass is 10.2. The van der Waals surface area contributed by atoms with Gasteiger partial charge in [-0.1, -0.05) is 18.1 Å². The fraction of sp³-hybridized carbons (Fsp3) is 0.692. The summed E-state index contributed by atoms with van der Waals surface area (Å²) in [5, 5.41) is 19.4. The summed E-state index contributed by atoms with van der Waals surface area (Å²) in [6, 6.07) is -0.151. The maximum atomic E-state index is 12.1. The Morgan fingerprint density at radius 3 is 2.85 bits per heavy atom. The number of carboxylic acid groups (broad SMARTS) is 1. The van der Waals surface area contributed by atoms with E-state index in [4.69, 9.17) is 5.11 Å². The largest absolute Gasteiger partial charge is 0.481 e. The first-order valence-electron chi connectivity index (χ1n) is 6.99. The number of carbonyl (C=O) groups is 2. The van der Waals surface area contributed by atoms with Gasteiger partial charge in [0.15, 0.2) is 0 Å². The highest BCUT2D eigenvalue weighted by Gasteiger charge is 2.22. The molecule has 0 saturated heterocycles. The second-order valence-corrected chi connectivity index (χ2v) is 5.25. The van der Waals surface area contributed by atoms with Crippen molar-refractivity contribution in [3.8, 4) is 0 Å². The second-order valence-electron chi connectivity index (χ2n) is 5.25. The van der Waals surface area contributed by atoms with Crippen molar-refractivity contribution >= 4 is 11.9 Å². The number of aryl methyl sites for hydroxylation is 1. The number of hydrogen-bond acceptors (Lipinski definition) is 4. The van der Waals surface area contributed by atoms with Gasteiger partial charge >= 0.3 is 5.97 Å². The summed E-state index contributed by atoms with van der Waals surface area (Å²) >= 11 is 0. The molecule has 7 heteroatoms. The summed E-state index contributed by atoms with van der Waals surface area (Å²) < 4.78 is 1.49. The van der Waals surface area contributed by atoms with Crippen molar-refractivity contribution in [2.24, 2.45) is 0 Å². The minimum atomic E-state index is -0.869. The Labute approximate surface area is 117 Å². The van der Waals surface area contributed by atoms with Crippen molar-refractivity contribution in [2.75, 3.05) is 0 Å².